The number of amides is 1. The van der Waals surface area contributed by atoms with Gasteiger partial charge in [0.1, 0.15) is 0 Å². The number of hydrogen-bond acceptors (Lipinski definition) is 3. The lowest BCUT2D eigenvalue weighted by atomic mass is 9.82. The molecule has 3 N–H and O–H groups in total. The van der Waals surface area contributed by atoms with E-state index < -0.39 is 0 Å². The first-order valence-electron chi connectivity index (χ1n) is 7.29. The van der Waals surface area contributed by atoms with Crippen molar-refractivity contribution in [1.82, 2.24) is 15.5 Å². The number of benzene rings is 1. The van der Waals surface area contributed by atoms with Gasteiger partial charge in [-0.05, 0) is 50.1 Å². The summed E-state index contributed by atoms with van der Waals surface area (Å²) in [5, 5.41) is 13.2. The number of aromatic nitrogens is 2. The van der Waals surface area contributed by atoms with Crippen LogP contribution in [0.2, 0.25) is 0 Å². The molecule has 1 amide bonds. The van der Waals surface area contributed by atoms with Crippen LogP contribution in [0.5, 0.6) is 0 Å². The lowest BCUT2D eigenvalue weighted by Crippen LogP contribution is -2.46. The lowest BCUT2D eigenvalue weighted by Gasteiger charge is -2.32. The van der Waals surface area contributed by atoms with Crippen molar-refractivity contribution < 1.29 is 4.79 Å². The van der Waals surface area contributed by atoms with Crippen LogP contribution < -0.4 is 10.6 Å². The molecule has 2 aromatic rings. The average Bonchev–Trinajstić information content (AvgIpc) is 3.03. The number of H-pyrrole nitrogens is 1. The lowest BCUT2D eigenvalue weighted by molar-refractivity contribution is -0.125. The highest BCUT2D eigenvalue weighted by Crippen LogP contribution is 2.27. The predicted molar refractivity (Wildman–Crippen MR) is 90.1 cm³/mol. The fraction of sp³-hybridized carbons (Fsp3) is 0.375. The summed E-state index contributed by atoms with van der Waals surface area (Å²) < 4.78 is 0. The monoisotopic (exact) mass is 320 g/mol. The van der Waals surface area contributed by atoms with Crippen LogP contribution in [0.15, 0.2) is 36.5 Å². The number of rotatable bonds is 3. The summed E-state index contributed by atoms with van der Waals surface area (Å²) in [7, 11) is 0. The smallest absolute Gasteiger partial charge is 0.231 e. The van der Waals surface area contributed by atoms with Crippen molar-refractivity contribution in [1.29, 1.82) is 0 Å². The zero-order valence-electron chi connectivity index (χ0n) is 12.6. The molecule has 1 unspecified atom stereocenters. The third-order valence-electron chi connectivity index (χ3n) is 4.10. The minimum atomic E-state index is -0.319. The molecule has 2 heterocycles. The molecule has 3 rings (SSSR count). The minimum Gasteiger partial charge on any atom is -0.326 e. The summed E-state index contributed by atoms with van der Waals surface area (Å²) in [5.74, 6) is 0.0870. The van der Waals surface area contributed by atoms with Gasteiger partial charge in [0.05, 0.1) is 11.1 Å². The Kier molecular flexibility index (Phi) is 5.21. The Hall–Kier alpha value is -1.85. The number of hydrogen-bond donors (Lipinski definition) is 3. The maximum absolute atomic E-state index is 12.4. The Labute approximate surface area is 136 Å². The van der Waals surface area contributed by atoms with Crippen LogP contribution in [0.4, 0.5) is 5.69 Å². The molecule has 0 aliphatic carbocycles. The number of nitrogens with one attached hydrogen (secondary N) is 3. The first-order valence-corrected chi connectivity index (χ1v) is 7.29. The van der Waals surface area contributed by atoms with Gasteiger partial charge in [0.2, 0.25) is 5.91 Å². The maximum atomic E-state index is 12.4. The van der Waals surface area contributed by atoms with E-state index in [1.165, 1.54) is 0 Å². The topological polar surface area (TPSA) is 69.8 Å². The first kappa shape index (κ1) is 16.5. The second-order valence-corrected chi connectivity index (χ2v) is 5.84. The fourth-order valence-electron chi connectivity index (χ4n) is 2.68. The highest BCUT2D eigenvalue weighted by molar-refractivity contribution is 5.95. The zero-order chi connectivity index (χ0) is 14.7. The molecule has 1 saturated heterocycles. The molecular formula is C16H21ClN4O. The van der Waals surface area contributed by atoms with Crippen LogP contribution in [0, 0.1) is 5.41 Å². The van der Waals surface area contributed by atoms with E-state index in [2.05, 4.69) is 20.8 Å². The molecule has 1 atom stereocenters. The highest BCUT2D eigenvalue weighted by Gasteiger charge is 2.34. The molecule has 1 aromatic carbocycles. The van der Waals surface area contributed by atoms with Gasteiger partial charge in [-0.3, -0.25) is 9.89 Å². The highest BCUT2D eigenvalue weighted by atomic mass is 35.5. The van der Waals surface area contributed by atoms with Gasteiger partial charge in [-0.2, -0.15) is 5.10 Å². The van der Waals surface area contributed by atoms with Crippen LogP contribution in [0.3, 0.4) is 0 Å². The van der Waals surface area contributed by atoms with Crippen molar-refractivity contribution in [2.45, 2.75) is 19.8 Å². The van der Waals surface area contributed by atoms with Gasteiger partial charge >= 0.3 is 0 Å². The number of carbonyl (C=O) groups excluding carboxylic acids is 1. The molecular weight excluding hydrogens is 300 g/mol. The summed E-state index contributed by atoms with van der Waals surface area (Å²) in [5.41, 5.74) is 2.53. The van der Waals surface area contributed by atoms with Crippen LogP contribution in [0.1, 0.15) is 19.8 Å². The van der Waals surface area contributed by atoms with Crippen molar-refractivity contribution in [3.8, 4) is 11.3 Å². The third kappa shape index (κ3) is 3.48. The van der Waals surface area contributed by atoms with Gasteiger partial charge in [0.25, 0.3) is 0 Å². The number of nitrogens with zero attached hydrogens (tertiary/aromatic N) is 1. The van der Waals surface area contributed by atoms with E-state index >= 15 is 0 Å². The quantitative estimate of drug-likeness (QED) is 0.814. The van der Waals surface area contributed by atoms with E-state index in [0.717, 1.165) is 42.9 Å². The Morgan fingerprint density at radius 2 is 2.05 bits per heavy atom. The van der Waals surface area contributed by atoms with Crippen LogP contribution >= 0.6 is 12.4 Å². The summed E-state index contributed by atoms with van der Waals surface area (Å²) >= 11 is 0. The number of carbonyl (C=O) groups is 1. The molecule has 118 valence electrons. The summed E-state index contributed by atoms with van der Waals surface area (Å²) in [6, 6.07) is 9.72. The Balaban J connectivity index is 0.00000176. The molecule has 0 spiro atoms. The molecule has 0 saturated carbocycles. The fourth-order valence-corrected chi connectivity index (χ4v) is 2.68. The summed E-state index contributed by atoms with van der Waals surface area (Å²) in [6.45, 7) is 3.76. The molecule has 1 aromatic heterocycles. The second kappa shape index (κ2) is 6.94. The van der Waals surface area contributed by atoms with Crippen molar-refractivity contribution >= 4 is 24.0 Å². The van der Waals surface area contributed by atoms with Crippen molar-refractivity contribution in [3.63, 3.8) is 0 Å². The van der Waals surface area contributed by atoms with Gasteiger partial charge in [-0.15, -0.1) is 12.4 Å². The molecule has 5 nitrogen and oxygen atoms in total. The van der Waals surface area contributed by atoms with E-state index in [4.69, 9.17) is 0 Å². The van der Waals surface area contributed by atoms with Crippen LogP contribution in [-0.4, -0.2) is 29.2 Å². The zero-order valence-corrected chi connectivity index (χ0v) is 13.4. The second-order valence-electron chi connectivity index (χ2n) is 5.84. The number of anilines is 1. The molecule has 22 heavy (non-hydrogen) atoms. The van der Waals surface area contributed by atoms with E-state index in [1.54, 1.807) is 6.20 Å². The third-order valence-corrected chi connectivity index (χ3v) is 4.10. The van der Waals surface area contributed by atoms with Crippen molar-refractivity contribution in [3.05, 3.63) is 36.5 Å². The van der Waals surface area contributed by atoms with Gasteiger partial charge in [-0.25, -0.2) is 0 Å². The van der Waals surface area contributed by atoms with Gasteiger partial charge in [0, 0.05) is 18.4 Å². The Morgan fingerprint density at radius 3 is 2.64 bits per heavy atom. The summed E-state index contributed by atoms with van der Waals surface area (Å²) in [4.78, 5) is 12.4. The molecule has 6 heteroatoms. The first-order chi connectivity index (χ1) is 10.2. The molecule has 1 aliphatic rings. The van der Waals surface area contributed by atoms with Crippen molar-refractivity contribution in [2.75, 3.05) is 18.4 Å². The molecule has 1 fully saturated rings. The number of halogens is 1. The van der Waals surface area contributed by atoms with E-state index in [1.807, 2.05) is 37.3 Å². The van der Waals surface area contributed by atoms with Crippen LogP contribution in [-0.2, 0) is 4.79 Å². The van der Waals surface area contributed by atoms with Crippen molar-refractivity contribution in [2.24, 2.45) is 5.41 Å². The molecule has 0 bridgehead atoms. The van der Waals surface area contributed by atoms with E-state index in [9.17, 15) is 4.79 Å². The Morgan fingerprint density at radius 1 is 1.27 bits per heavy atom. The minimum absolute atomic E-state index is 0. The SMILES string of the molecule is CC1(C(=O)Nc2ccc(-c3ccn[nH]3)cc2)CCCNC1.Cl. The normalized spacial score (nSPS) is 21.0. The largest absolute Gasteiger partial charge is 0.326 e. The van der Waals surface area contributed by atoms with Gasteiger partial charge in [-0.1, -0.05) is 12.1 Å². The predicted octanol–water partition coefficient (Wildman–Crippen LogP) is 2.83. The molecule has 0 radical (unpaired) electrons. The Bertz CT molecular complexity index is 604. The van der Waals surface area contributed by atoms with E-state index in [-0.39, 0.29) is 23.7 Å². The standard InChI is InChI=1S/C16H20N4O.ClH/c1-16(8-2-9-17-11-16)15(21)19-13-5-3-12(4-6-13)14-7-10-18-20-14;/h3-7,10,17H,2,8-9,11H2,1H3,(H,18,20)(H,19,21);1H. The average molecular weight is 321 g/mol. The van der Waals surface area contributed by atoms with Gasteiger partial charge in [0.15, 0.2) is 0 Å². The van der Waals surface area contributed by atoms with E-state index in [0.29, 0.717) is 0 Å². The summed E-state index contributed by atoms with van der Waals surface area (Å²) in [6.07, 6.45) is 3.70. The number of piperidine rings is 1. The number of aromatic amines is 1. The molecule has 1 aliphatic heterocycles. The van der Waals surface area contributed by atoms with Gasteiger partial charge < -0.3 is 10.6 Å². The maximum Gasteiger partial charge on any atom is 0.231 e. The van der Waals surface area contributed by atoms with Crippen LogP contribution in [0.25, 0.3) is 11.3 Å².